The molecule has 3 nitrogen and oxygen atoms in total. The van der Waals surface area contributed by atoms with Crippen LogP contribution >= 0.6 is 15.9 Å². The first-order valence-corrected chi connectivity index (χ1v) is 5.98. The maximum absolute atomic E-state index is 5.46. The Kier molecular flexibility index (Phi) is 3.59. The second-order valence-corrected chi connectivity index (χ2v) is 4.91. The molecule has 78 valence electrons. The van der Waals surface area contributed by atoms with Crippen LogP contribution in [0, 0.1) is 5.92 Å². The van der Waals surface area contributed by atoms with E-state index in [0.29, 0.717) is 10.7 Å². The number of hydrogen-bond acceptors (Lipinski definition) is 2. The number of alkyl halides is 1. The molecule has 1 saturated heterocycles. The summed E-state index contributed by atoms with van der Waals surface area (Å²) in [4.78, 5) is 7.83. The Balaban J connectivity index is 1.85. The molecule has 0 aliphatic carbocycles. The minimum atomic E-state index is 0.481. The molecule has 14 heavy (non-hydrogen) atoms. The topological polar surface area (TPSA) is 37.9 Å². The molecular weight excluding hydrogens is 244 g/mol. The largest absolute Gasteiger partial charge is 0.381 e. The number of aromatic nitrogens is 2. The van der Waals surface area contributed by atoms with Crippen LogP contribution in [0.3, 0.4) is 0 Å². The minimum Gasteiger partial charge on any atom is -0.381 e. The smallest absolute Gasteiger partial charge is 0.107 e. The first-order chi connectivity index (χ1) is 6.86. The lowest BCUT2D eigenvalue weighted by Crippen LogP contribution is -2.26. The van der Waals surface area contributed by atoms with Crippen molar-refractivity contribution in [3.05, 3.63) is 18.2 Å². The number of H-pyrrole nitrogens is 1. The molecule has 0 saturated carbocycles. The average molecular weight is 259 g/mol. The van der Waals surface area contributed by atoms with Crippen LogP contribution in [-0.4, -0.2) is 28.0 Å². The molecule has 1 aliphatic heterocycles. The van der Waals surface area contributed by atoms with E-state index in [4.69, 9.17) is 4.74 Å². The molecule has 0 amide bonds. The van der Waals surface area contributed by atoms with Gasteiger partial charge in [0.15, 0.2) is 0 Å². The summed E-state index contributed by atoms with van der Waals surface area (Å²) >= 11 is 3.72. The van der Waals surface area contributed by atoms with E-state index in [1.165, 1.54) is 12.8 Å². The third-order valence-electron chi connectivity index (χ3n) is 2.65. The fraction of sp³-hybridized carbons (Fsp3) is 0.700. The summed E-state index contributed by atoms with van der Waals surface area (Å²) in [5.41, 5.74) is 0. The van der Waals surface area contributed by atoms with Crippen LogP contribution in [0.5, 0.6) is 0 Å². The van der Waals surface area contributed by atoms with Crippen molar-refractivity contribution in [1.82, 2.24) is 9.97 Å². The molecule has 0 spiro atoms. The molecule has 0 radical (unpaired) electrons. The van der Waals surface area contributed by atoms with Crippen LogP contribution in [0.1, 0.15) is 18.7 Å². The highest BCUT2D eigenvalue weighted by Crippen LogP contribution is 2.24. The quantitative estimate of drug-likeness (QED) is 0.844. The van der Waals surface area contributed by atoms with Gasteiger partial charge in [0.05, 0.1) is 6.61 Å². The average Bonchev–Trinajstić information content (AvgIpc) is 2.72. The number of nitrogens with one attached hydrogen (secondary N) is 1. The van der Waals surface area contributed by atoms with Gasteiger partial charge in [0.1, 0.15) is 5.82 Å². The first kappa shape index (κ1) is 10.2. The molecular formula is C10H15BrN2O. The zero-order chi connectivity index (χ0) is 9.80. The van der Waals surface area contributed by atoms with Crippen molar-refractivity contribution < 1.29 is 4.74 Å². The standard InChI is InChI=1S/C10H15BrN2O/c11-9(6-10-12-3-4-13-10)8-2-1-5-14-7-8/h3-4,8-9H,1-2,5-7H2,(H,12,13). The van der Waals surface area contributed by atoms with Crippen LogP contribution in [0.2, 0.25) is 0 Å². The lowest BCUT2D eigenvalue weighted by molar-refractivity contribution is 0.0546. The van der Waals surface area contributed by atoms with Gasteiger partial charge in [0, 0.05) is 30.2 Å². The maximum atomic E-state index is 5.46. The summed E-state index contributed by atoms with van der Waals surface area (Å²) in [6, 6.07) is 0. The Morgan fingerprint density at radius 2 is 2.64 bits per heavy atom. The van der Waals surface area contributed by atoms with Gasteiger partial charge in [-0.1, -0.05) is 15.9 Å². The molecule has 1 fully saturated rings. The molecule has 0 bridgehead atoms. The van der Waals surface area contributed by atoms with Gasteiger partial charge in [-0.15, -0.1) is 0 Å². The highest BCUT2D eigenvalue weighted by atomic mass is 79.9. The summed E-state index contributed by atoms with van der Waals surface area (Å²) in [6.45, 7) is 1.81. The first-order valence-electron chi connectivity index (χ1n) is 5.06. The Labute approximate surface area is 92.4 Å². The molecule has 1 N–H and O–H groups in total. The number of imidazole rings is 1. The molecule has 1 aliphatic rings. The van der Waals surface area contributed by atoms with Crippen LogP contribution in [0.25, 0.3) is 0 Å². The highest BCUT2D eigenvalue weighted by Gasteiger charge is 2.22. The van der Waals surface area contributed by atoms with Crippen molar-refractivity contribution >= 4 is 15.9 Å². The number of halogens is 1. The fourth-order valence-electron chi connectivity index (χ4n) is 1.81. The number of nitrogens with zero attached hydrogens (tertiary/aromatic N) is 1. The van der Waals surface area contributed by atoms with Gasteiger partial charge in [-0.05, 0) is 18.8 Å². The fourth-order valence-corrected chi connectivity index (χ4v) is 2.54. The van der Waals surface area contributed by atoms with Crippen LogP contribution in [-0.2, 0) is 11.2 Å². The number of hydrogen-bond donors (Lipinski definition) is 1. The highest BCUT2D eigenvalue weighted by molar-refractivity contribution is 9.09. The van der Waals surface area contributed by atoms with Crippen molar-refractivity contribution in [2.45, 2.75) is 24.1 Å². The molecule has 4 heteroatoms. The van der Waals surface area contributed by atoms with Crippen molar-refractivity contribution in [2.75, 3.05) is 13.2 Å². The lowest BCUT2D eigenvalue weighted by Gasteiger charge is -2.25. The zero-order valence-electron chi connectivity index (χ0n) is 8.08. The van der Waals surface area contributed by atoms with Gasteiger partial charge in [-0.2, -0.15) is 0 Å². The predicted octanol–water partition coefficient (Wildman–Crippen LogP) is 2.14. The molecule has 0 aromatic carbocycles. The van der Waals surface area contributed by atoms with E-state index in [9.17, 15) is 0 Å². The molecule has 1 aromatic rings. The Hall–Kier alpha value is -0.350. The second kappa shape index (κ2) is 4.94. The summed E-state index contributed by atoms with van der Waals surface area (Å²) in [5, 5.41) is 0. The van der Waals surface area contributed by atoms with Crippen LogP contribution in [0.4, 0.5) is 0 Å². The van der Waals surface area contributed by atoms with Crippen molar-refractivity contribution in [3.8, 4) is 0 Å². The predicted molar refractivity (Wildman–Crippen MR) is 58.5 cm³/mol. The molecule has 2 unspecified atom stereocenters. The van der Waals surface area contributed by atoms with Gasteiger partial charge < -0.3 is 9.72 Å². The number of ether oxygens (including phenoxy) is 1. The van der Waals surface area contributed by atoms with Crippen molar-refractivity contribution in [3.63, 3.8) is 0 Å². The van der Waals surface area contributed by atoms with Crippen LogP contribution in [0.15, 0.2) is 12.4 Å². The van der Waals surface area contributed by atoms with E-state index in [0.717, 1.165) is 25.5 Å². The van der Waals surface area contributed by atoms with Gasteiger partial charge in [0.2, 0.25) is 0 Å². The van der Waals surface area contributed by atoms with Gasteiger partial charge in [-0.3, -0.25) is 0 Å². The van der Waals surface area contributed by atoms with E-state index in [-0.39, 0.29) is 0 Å². The Bertz CT molecular complexity index is 257. The van der Waals surface area contributed by atoms with Crippen molar-refractivity contribution in [2.24, 2.45) is 5.92 Å². The maximum Gasteiger partial charge on any atom is 0.107 e. The number of rotatable bonds is 3. The summed E-state index contributed by atoms with van der Waals surface area (Å²) in [7, 11) is 0. The zero-order valence-corrected chi connectivity index (χ0v) is 9.66. The van der Waals surface area contributed by atoms with Crippen molar-refractivity contribution in [1.29, 1.82) is 0 Å². The SMILES string of the molecule is BrC(Cc1ncc[nH]1)C1CCCOC1. The molecule has 2 heterocycles. The van der Waals surface area contributed by atoms with Gasteiger partial charge in [-0.25, -0.2) is 4.98 Å². The Morgan fingerprint density at radius 1 is 1.71 bits per heavy atom. The van der Waals surface area contributed by atoms with Gasteiger partial charge in [0.25, 0.3) is 0 Å². The normalized spacial score (nSPS) is 24.8. The lowest BCUT2D eigenvalue weighted by atomic mass is 9.97. The number of aromatic amines is 1. The van der Waals surface area contributed by atoms with E-state index < -0.39 is 0 Å². The third kappa shape index (κ3) is 2.58. The van der Waals surface area contributed by atoms with E-state index in [1.807, 2.05) is 6.20 Å². The van der Waals surface area contributed by atoms with E-state index in [2.05, 4.69) is 25.9 Å². The summed E-state index contributed by atoms with van der Waals surface area (Å²) in [6.07, 6.45) is 7.07. The minimum absolute atomic E-state index is 0.481. The molecule has 2 atom stereocenters. The molecule has 2 rings (SSSR count). The third-order valence-corrected chi connectivity index (χ3v) is 3.72. The second-order valence-electron chi connectivity index (χ2n) is 3.73. The Morgan fingerprint density at radius 3 is 3.29 bits per heavy atom. The molecule has 1 aromatic heterocycles. The van der Waals surface area contributed by atoms with E-state index >= 15 is 0 Å². The van der Waals surface area contributed by atoms with Crippen LogP contribution < -0.4 is 0 Å². The van der Waals surface area contributed by atoms with E-state index in [1.54, 1.807) is 6.20 Å². The summed E-state index contributed by atoms with van der Waals surface area (Å²) < 4.78 is 5.46. The van der Waals surface area contributed by atoms with Gasteiger partial charge >= 0.3 is 0 Å². The summed E-state index contributed by atoms with van der Waals surface area (Å²) in [5.74, 6) is 1.69. The monoisotopic (exact) mass is 258 g/mol.